The van der Waals surface area contributed by atoms with E-state index in [9.17, 15) is 0 Å². The molecule has 1 spiro atoms. The van der Waals surface area contributed by atoms with Crippen molar-refractivity contribution in [3.8, 4) is 22.3 Å². The minimum absolute atomic E-state index is 0.0959. The number of hydrogen-bond acceptors (Lipinski definition) is 4. The third kappa shape index (κ3) is 4.27. The van der Waals surface area contributed by atoms with Crippen molar-refractivity contribution >= 4 is 31.5 Å². The van der Waals surface area contributed by atoms with Crippen molar-refractivity contribution in [2.24, 2.45) is 5.73 Å². The van der Waals surface area contributed by atoms with Crippen LogP contribution in [0.1, 0.15) is 51.3 Å². The van der Waals surface area contributed by atoms with Crippen LogP contribution in [0.3, 0.4) is 0 Å². The van der Waals surface area contributed by atoms with Gasteiger partial charge in [0.15, 0.2) is 0 Å². The minimum atomic E-state index is -0.256. The van der Waals surface area contributed by atoms with Gasteiger partial charge in [-0.1, -0.05) is 163 Å². The van der Waals surface area contributed by atoms with E-state index in [0.717, 1.165) is 5.56 Å². The van der Waals surface area contributed by atoms with Crippen molar-refractivity contribution in [3.63, 3.8) is 0 Å². The Hall–Kier alpha value is -5.36. The number of thiophene rings is 1. The van der Waals surface area contributed by atoms with Gasteiger partial charge in [-0.15, -0.1) is 11.3 Å². The molecule has 4 heteroatoms. The Balaban J connectivity index is 0.000000157. The van der Waals surface area contributed by atoms with Gasteiger partial charge in [-0.05, 0) is 63.1 Å². The Bertz CT molecular complexity index is 2570. The minimum Gasteiger partial charge on any atom is -0.311 e. The molecule has 2 aliphatic carbocycles. The first-order valence-corrected chi connectivity index (χ1v) is 18.1. The lowest BCUT2D eigenvalue weighted by atomic mass is 9.70. The zero-order chi connectivity index (χ0) is 33.4. The van der Waals surface area contributed by atoms with Crippen molar-refractivity contribution in [2.75, 3.05) is 0 Å². The highest BCUT2D eigenvalue weighted by Crippen LogP contribution is 2.64. The van der Waals surface area contributed by atoms with Crippen LogP contribution in [0.15, 0.2) is 164 Å². The highest BCUT2D eigenvalue weighted by atomic mass is 32.1. The third-order valence-electron chi connectivity index (χ3n) is 10.8. The highest BCUT2D eigenvalue weighted by Gasteiger charge is 2.52. The molecule has 1 fully saturated rings. The van der Waals surface area contributed by atoms with Crippen molar-refractivity contribution < 1.29 is 0 Å². The van der Waals surface area contributed by atoms with E-state index in [1.807, 2.05) is 59.9 Å². The Morgan fingerprint density at radius 1 is 0.600 bits per heavy atom. The molecule has 0 radical (unpaired) electrons. The summed E-state index contributed by atoms with van der Waals surface area (Å²) >= 11 is 1.94. The van der Waals surface area contributed by atoms with E-state index >= 15 is 0 Å². The summed E-state index contributed by atoms with van der Waals surface area (Å²) < 4.78 is 2.78. The molecular formula is C46H35N3S. The van der Waals surface area contributed by atoms with Crippen LogP contribution in [0.5, 0.6) is 0 Å². The van der Waals surface area contributed by atoms with Gasteiger partial charge >= 0.3 is 0 Å². The fourth-order valence-corrected chi connectivity index (χ4v) is 9.81. The second-order valence-electron chi connectivity index (χ2n) is 13.6. The average molecular weight is 662 g/mol. The zero-order valence-corrected chi connectivity index (χ0v) is 28.5. The first-order valence-electron chi connectivity index (χ1n) is 17.3. The molecule has 4 atom stereocenters. The topological polar surface area (TPSA) is 51.0 Å². The number of aryl methyl sites for hydroxylation is 1. The summed E-state index contributed by atoms with van der Waals surface area (Å²) in [5, 5.41) is 4.80. The van der Waals surface area contributed by atoms with Gasteiger partial charge < -0.3 is 5.73 Å². The summed E-state index contributed by atoms with van der Waals surface area (Å²) in [6.07, 6.45) is 0.146. The smallest absolute Gasteiger partial charge is 0.114 e. The summed E-state index contributed by atoms with van der Waals surface area (Å²) in [4.78, 5) is 0. The number of hydrazine groups is 1. The lowest BCUT2D eigenvalue weighted by Crippen LogP contribution is -2.25. The van der Waals surface area contributed by atoms with E-state index in [1.54, 1.807) is 0 Å². The fourth-order valence-electron chi connectivity index (χ4n) is 8.55. The van der Waals surface area contributed by atoms with Gasteiger partial charge in [-0.2, -0.15) is 5.01 Å². The number of nitrogens with zero attached hydrogens (tertiary/aromatic N) is 1. The molecule has 0 saturated carbocycles. The maximum Gasteiger partial charge on any atom is 0.114 e. The predicted octanol–water partition coefficient (Wildman–Crippen LogP) is 10.9. The molecule has 0 bridgehead atoms. The maximum atomic E-state index is 6.19. The summed E-state index contributed by atoms with van der Waals surface area (Å²) in [7, 11) is 0. The van der Waals surface area contributed by atoms with Gasteiger partial charge in [-0.25, -0.2) is 5.43 Å². The second-order valence-corrected chi connectivity index (χ2v) is 14.6. The standard InChI is InChI=1S/C32H20S.C14H15N3/c1-19-14-15-21-20-8-2-5-11-25(20)32(28(21)18-19)26-12-6-3-10-24(26)30-27(32)17-16-23-22-9-4-7-13-29(22)33-31(23)30;15-13(11-7-3-1-4-8-11)17-14(16-17)12-9-5-2-6-10-12/h2-18H,1H3;1-10,13-14,16H,15H2. The van der Waals surface area contributed by atoms with Crippen molar-refractivity contribution in [1.82, 2.24) is 10.4 Å². The first-order chi connectivity index (χ1) is 24.6. The van der Waals surface area contributed by atoms with Crippen LogP contribution >= 0.6 is 11.3 Å². The highest BCUT2D eigenvalue weighted by molar-refractivity contribution is 7.26. The van der Waals surface area contributed by atoms with Crippen LogP contribution in [0.2, 0.25) is 0 Å². The molecule has 7 aromatic carbocycles. The number of benzene rings is 7. The number of nitrogens with one attached hydrogen (secondary N) is 1. The van der Waals surface area contributed by atoms with Gasteiger partial charge in [0.1, 0.15) is 6.17 Å². The molecule has 1 saturated heterocycles. The van der Waals surface area contributed by atoms with Crippen LogP contribution in [-0.2, 0) is 5.41 Å². The van der Waals surface area contributed by atoms with Crippen LogP contribution in [-0.4, -0.2) is 5.01 Å². The van der Waals surface area contributed by atoms with E-state index in [4.69, 9.17) is 5.73 Å². The SMILES string of the molecule is Cc1ccc2c(c1)C1(c3ccccc3-2)c2ccccc2-c2c1ccc1c2sc2ccccc21.NC(c1ccccc1)N1NC1c1ccccc1. The Kier molecular flexibility index (Phi) is 6.70. The molecule has 2 heterocycles. The molecule has 240 valence electrons. The summed E-state index contributed by atoms with van der Waals surface area (Å²) in [6, 6.07) is 59.2. The van der Waals surface area contributed by atoms with Gasteiger partial charge in [0, 0.05) is 25.7 Å². The number of nitrogens with two attached hydrogens (primary N) is 1. The lowest BCUT2D eigenvalue weighted by molar-refractivity contribution is 0.368. The van der Waals surface area contributed by atoms with E-state index < -0.39 is 0 Å². The first kappa shape index (κ1) is 29.5. The van der Waals surface area contributed by atoms with Crippen molar-refractivity contribution in [3.05, 3.63) is 203 Å². The Morgan fingerprint density at radius 2 is 1.24 bits per heavy atom. The van der Waals surface area contributed by atoms with E-state index in [0.29, 0.717) is 0 Å². The molecule has 3 nitrogen and oxygen atoms in total. The largest absolute Gasteiger partial charge is 0.311 e. The van der Waals surface area contributed by atoms with Crippen molar-refractivity contribution in [1.29, 1.82) is 0 Å². The fraction of sp³-hybridized carbons (Fsp3) is 0.0870. The van der Waals surface area contributed by atoms with Gasteiger partial charge in [0.25, 0.3) is 0 Å². The molecule has 0 amide bonds. The predicted molar refractivity (Wildman–Crippen MR) is 208 cm³/mol. The zero-order valence-electron chi connectivity index (χ0n) is 27.7. The molecule has 1 aromatic heterocycles. The van der Waals surface area contributed by atoms with Crippen LogP contribution in [0, 0.1) is 6.92 Å². The lowest BCUT2D eigenvalue weighted by Gasteiger charge is -2.30. The molecule has 3 aliphatic rings. The van der Waals surface area contributed by atoms with Crippen LogP contribution < -0.4 is 11.2 Å². The van der Waals surface area contributed by atoms with E-state index in [-0.39, 0.29) is 17.7 Å². The summed E-state index contributed by atoms with van der Waals surface area (Å²) in [5.41, 5.74) is 24.1. The van der Waals surface area contributed by atoms with Crippen LogP contribution in [0.4, 0.5) is 0 Å². The van der Waals surface area contributed by atoms with E-state index in [1.165, 1.54) is 75.8 Å². The molecule has 1 aliphatic heterocycles. The molecule has 11 rings (SSSR count). The third-order valence-corrected chi connectivity index (χ3v) is 12.0. The molecule has 3 N–H and O–H groups in total. The Labute approximate surface area is 296 Å². The van der Waals surface area contributed by atoms with Crippen molar-refractivity contribution in [2.45, 2.75) is 24.7 Å². The second kappa shape index (κ2) is 11.3. The summed E-state index contributed by atoms with van der Waals surface area (Å²) in [5.74, 6) is 0. The summed E-state index contributed by atoms with van der Waals surface area (Å²) in [6.45, 7) is 2.22. The molecule has 50 heavy (non-hydrogen) atoms. The Morgan fingerprint density at radius 3 is 2.04 bits per heavy atom. The molecule has 8 aromatic rings. The average Bonchev–Trinajstić information content (AvgIpc) is 3.70. The molecule has 4 unspecified atom stereocenters. The number of rotatable bonds is 3. The maximum absolute atomic E-state index is 6.19. The van der Waals surface area contributed by atoms with Crippen LogP contribution in [0.25, 0.3) is 42.4 Å². The van der Waals surface area contributed by atoms with Gasteiger partial charge in [-0.3, -0.25) is 0 Å². The monoisotopic (exact) mass is 661 g/mol. The normalized spacial score (nSPS) is 19.7. The molecular weight excluding hydrogens is 627 g/mol. The van der Waals surface area contributed by atoms with Gasteiger partial charge in [0.2, 0.25) is 0 Å². The quantitative estimate of drug-likeness (QED) is 0.185. The number of fused-ring (bicyclic) bond motifs is 14. The van der Waals surface area contributed by atoms with Gasteiger partial charge in [0.05, 0.1) is 11.6 Å². The van der Waals surface area contributed by atoms with E-state index in [2.05, 4.69) is 133 Å². The number of hydrogen-bond donors (Lipinski definition) is 2.